The van der Waals surface area contributed by atoms with Crippen LogP contribution in [0.2, 0.25) is 0 Å². The van der Waals surface area contributed by atoms with Gasteiger partial charge in [0, 0.05) is 31.2 Å². The van der Waals surface area contributed by atoms with Crippen molar-refractivity contribution in [1.82, 2.24) is 10.2 Å². The van der Waals surface area contributed by atoms with Crippen molar-refractivity contribution in [2.45, 2.75) is 57.2 Å². The van der Waals surface area contributed by atoms with Crippen LogP contribution in [0.15, 0.2) is 30.3 Å². The average Bonchev–Trinajstić information content (AvgIpc) is 2.88. The summed E-state index contributed by atoms with van der Waals surface area (Å²) in [6.45, 7) is 5.84. The number of rotatable bonds is 3. The topological polar surface area (TPSA) is 15.3 Å². The Morgan fingerprint density at radius 2 is 1.95 bits per heavy atom. The highest BCUT2D eigenvalue weighted by atomic mass is 15.3. The predicted octanol–water partition coefficient (Wildman–Crippen LogP) is 3.18. The summed E-state index contributed by atoms with van der Waals surface area (Å²) in [6.07, 6.45) is 6.80. The molecule has 1 spiro atoms. The summed E-state index contributed by atoms with van der Waals surface area (Å²) < 4.78 is 0. The molecule has 2 heteroatoms. The zero-order chi connectivity index (χ0) is 13.1. The van der Waals surface area contributed by atoms with Crippen LogP contribution in [0.25, 0.3) is 0 Å². The lowest BCUT2D eigenvalue weighted by Crippen LogP contribution is -2.62. The van der Waals surface area contributed by atoms with Gasteiger partial charge in [0.25, 0.3) is 0 Å². The Bertz CT molecular complexity index is 395. The molecule has 0 radical (unpaired) electrons. The summed E-state index contributed by atoms with van der Waals surface area (Å²) in [5.41, 5.74) is 1.89. The molecule has 104 valence electrons. The molecule has 0 bridgehead atoms. The summed E-state index contributed by atoms with van der Waals surface area (Å²) in [5, 5.41) is 3.87. The molecule has 1 saturated carbocycles. The van der Waals surface area contributed by atoms with Gasteiger partial charge in [0.05, 0.1) is 0 Å². The molecule has 1 atom stereocenters. The number of benzene rings is 1. The van der Waals surface area contributed by atoms with Crippen LogP contribution in [0.4, 0.5) is 0 Å². The van der Waals surface area contributed by atoms with Crippen molar-refractivity contribution >= 4 is 0 Å². The summed E-state index contributed by atoms with van der Waals surface area (Å²) in [4.78, 5) is 2.72. The first kappa shape index (κ1) is 13.1. The maximum absolute atomic E-state index is 3.87. The van der Waals surface area contributed by atoms with E-state index in [1.165, 1.54) is 50.8 Å². The largest absolute Gasteiger partial charge is 0.308 e. The van der Waals surface area contributed by atoms with Crippen molar-refractivity contribution in [2.24, 2.45) is 0 Å². The van der Waals surface area contributed by atoms with E-state index in [-0.39, 0.29) is 0 Å². The third-order valence-electron chi connectivity index (χ3n) is 5.00. The molecule has 1 aromatic carbocycles. The fraction of sp³-hybridized carbons (Fsp3) is 0.647. The van der Waals surface area contributed by atoms with E-state index in [1.807, 2.05) is 0 Å². The smallest absolute Gasteiger partial charge is 0.0309 e. The number of hydrogen-bond donors (Lipinski definition) is 1. The maximum Gasteiger partial charge on any atom is 0.0309 e. The average molecular weight is 258 g/mol. The molecular weight excluding hydrogens is 232 g/mol. The molecule has 2 fully saturated rings. The lowest BCUT2D eigenvalue weighted by atomic mass is 9.91. The SMILES string of the molecule is CCC1CNC2(CCCC2)CN1Cc1ccccc1. The third-order valence-corrected chi connectivity index (χ3v) is 5.00. The van der Waals surface area contributed by atoms with Gasteiger partial charge in [-0.3, -0.25) is 4.90 Å². The molecule has 1 aliphatic carbocycles. The molecule has 1 aliphatic heterocycles. The van der Waals surface area contributed by atoms with Crippen LogP contribution >= 0.6 is 0 Å². The molecule has 2 aliphatic rings. The van der Waals surface area contributed by atoms with Gasteiger partial charge in [0.1, 0.15) is 0 Å². The molecular formula is C17H26N2. The molecule has 0 aromatic heterocycles. The summed E-state index contributed by atoms with van der Waals surface area (Å²) in [7, 11) is 0. The van der Waals surface area contributed by atoms with Crippen molar-refractivity contribution in [2.75, 3.05) is 13.1 Å². The van der Waals surface area contributed by atoms with E-state index in [1.54, 1.807) is 0 Å². The molecule has 0 amide bonds. The highest BCUT2D eigenvalue weighted by Crippen LogP contribution is 2.34. The monoisotopic (exact) mass is 258 g/mol. The van der Waals surface area contributed by atoms with Crippen LogP contribution < -0.4 is 5.32 Å². The maximum atomic E-state index is 3.87. The Hall–Kier alpha value is -0.860. The minimum atomic E-state index is 0.431. The van der Waals surface area contributed by atoms with Gasteiger partial charge in [0.2, 0.25) is 0 Å². The molecule has 1 unspecified atom stereocenters. The van der Waals surface area contributed by atoms with E-state index in [0.29, 0.717) is 11.6 Å². The van der Waals surface area contributed by atoms with E-state index in [4.69, 9.17) is 0 Å². The Kier molecular flexibility index (Phi) is 3.90. The van der Waals surface area contributed by atoms with Gasteiger partial charge in [-0.05, 0) is 24.8 Å². The van der Waals surface area contributed by atoms with E-state index in [2.05, 4.69) is 47.5 Å². The van der Waals surface area contributed by atoms with Crippen LogP contribution in [0.5, 0.6) is 0 Å². The van der Waals surface area contributed by atoms with E-state index >= 15 is 0 Å². The van der Waals surface area contributed by atoms with Crippen LogP contribution in [0.3, 0.4) is 0 Å². The first-order valence-electron chi connectivity index (χ1n) is 7.84. The lowest BCUT2D eigenvalue weighted by molar-refractivity contribution is 0.0718. The van der Waals surface area contributed by atoms with Gasteiger partial charge in [-0.1, -0.05) is 50.1 Å². The molecule has 1 aromatic rings. The Labute approximate surface area is 117 Å². The summed E-state index contributed by atoms with van der Waals surface area (Å²) in [6, 6.07) is 11.6. The Morgan fingerprint density at radius 3 is 2.63 bits per heavy atom. The standard InChI is InChI=1S/C17H26N2/c1-2-16-12-18-17(10-6-7-11-17)14-19(16)13-15-8-4-3-5-9-15/h3-5,8-9,16,18H,2,6-7,10-14H2,1H3. The first-order chi connectivity index (χ1) is 9.31. The predicted molar refractivity (Wildman–Crippen MR) is 80.1 cm³/mol. The van der Waals surface area contributed by atoms with Crippen LogP contribution in [-0.2, 0) is 6.54 Å². The zero-order valence-electron chi connectivity index (χ0n) is 12.1. The van der Waals surface area contributed by atoms with Gasteiger partial charge in [-0.2, -0.15) is 0 Å². The Morgan fingerprint density at radius 1 is 1.21 bits per heavy atom. The molecule has 2 nitrogen and oxygen atoms in total. The second-order valence-electron chi connectivity index (χ2n) is 6.32. The molecule has 19 heavy (non-hydrogen) atoms. The molecule has 3 rings (SSSR count). The minimum Gasteiger partial charge on any atom is -0.308 e. The van der Waals surface area contributed by atoms with Crippen molar-refractivity contribution in [1.29, 1.82) is 0 Å². The van der Waals surface area contributed by atoms with Gasteiger partial charge in [-0.25, -0.2) is 0 Å². The van der Waals surface area contributed by atoms with Crippen molar-refractivity contribution in [3.05, 3.63) is 35.9 Å². The van der Waals surface area contributed by atoms with Gasteiger partial charge >= 0.3 is 0 Å². The third kappa shape index (κ3) is 2.85. The second-order valence-corrected chi connectivity index (χ2v) is 6.32. The molecule has 1 N–H and O–H groups in total. The number of nitrogens with zero attached hydrogens (tertiary/aromatic N) is 1. The minimum absolute atomic E-state index is 0.431. The van der Waals surface area contributed by atoms with E-state index < -0.39 is 0 Å². The van der Waals surface area contributed by atoms with Crippen LogP contribution in [-0.4, -0.2) is 29.6 Å². The zero-order valence-corrected chi connectivity index (χ0v) is 12.1. The van der Waals surface area contributed by atoms with Crippen molar-refractivity contribution < 1.29 is 0 Å². The first-order valence-corrected chi connectivity index (χ1v) is 7.84. The molecule has 1 heterocycles. The Balaban J connectivity index is 1.72. The normalized spacial score (nSPS) is 26.9. The molecule has 1 saturated heterocycles. The van der Waals surface area contributed by atoms with Crippen molar-refractivity contribution in [3.63, 3.8) is 0 Å². The van der Waals surface area contributed by atoms with Crippen LogP contribution in [0, 0.1) is 0 Å². The van der Waals surface area contributed by atoms with Crippen LogP contribution in [0.1, 0.15) is 44.6 Å². The second kappa shape index (κ2) is 5.64. The fourth-order valence-corrected chi connectivity index (χ4v) is 3.83. The van der Waals surface area contributed by atoms with E-state index in [0.717, 1.165) is 6.54 Å². The van der Waals surface area contributed by atoms with Gasteiger partial charge in [-0.15, -0.1) is 0 Å². The number of nitrogens with one attached hydrogen (secondary N) is 1. The summed E-state index contributed by atoms with van der Waals surface area (Å²) >= 11 is 0. The summed E-state index contributed by atoms with van der Waals surface area (Å²) in [5.74, 6) is 0. The van der Waals surface area contributed by atoms with Crippen molar-refractivity contribution in [3.8, 4) is 0 Å². The van der Waals surface area contributed by atoms with E-state index in [9.17, 15) is 0 Å². The fourth-order valence-electron chi connectivity index (χ4n) is 3.83. The lowest BCUT2D eigenvalue weighted by Gasteiger charge is -2.46. The highest BCUT2D eigenvalue weighted by molar-refractivity contribution is 5.15. The highest BCUT2D eigenvalue weighted by Gasteiger charge is 2.40. The number of hydrogen-bond acceptors (Lipinski definition) is 2. The van der Waals surface area contributed by atoms with Gasteiger partial charge < -0.3 is 5.32 Å². The quantitative estimate of drug-likeness (QED) is 0.896. The van der Waals surface area contributed by atoms with Gasteiger partial charge in [0.15, 0.2) is 0 Å². The number of piperazine rings is 1.